The van der Waals surface area contributed by atoms with Gasteiger partial charge in [0.2, 0.25) is 0 Å². The molecule has 1 aromatic rings. The van der Waals surface area contributed by atoms with Crippen LogP contribution in [0.2, 0.25) is 5.02 Å². The molecular weight excluding hydrogens is 274 g/mol. The van der Waals surface area contributed by atoms with E-state index in [-0.39, 0.29) is 11.9 Å². The molecule has 1 fully saturated rings. The van der Waals surface area contributed by atoms with E-state index in [0.29, 0.717) is 16.6 Å². The van der Waals surface area contributed by atoms with Crippen molar-refractivity contribution in [2.75, 3.05) is 20.1 Å². The number of pyridine rings is 1. The Bertz CT molecular complexity index is 470. The Balaban J connectivity index is 2.00. The maximum absolute atomic E-state index is 12.5. The Morgan fingerprint density at radius 2 is 2.10 bits per heavy atom. The Morgan fingerprint density at radius 3 is 2.65 bits per heavy atom. The molecule has 0 saturated carbocycles. The second-order valence-corrected chi connectivity index (χ2v) is 6.04. The molecule has 4 nitrogen and oxygen atoms in total. The van der Waals surface area contributed by atoms with Crippen molar-refractivity contribution in [1.29, 1.82) is 0 Å². The minimum absolute atomic E-state index is 0.0360. The van der Waals surface area contributed by atoms with Crippen LogP contribution in [0.15, 0.2) is 18.5 Å². The Kier molecular flexibility index (Phi) is 5.00. The van der Waals surface area contributed by atoms with Crippen LogP contribution in [-0.4, -0.2) is 52.9 Å². The fourth-order valence-electron chi connectivity index (χ4n) is 2.68. The predicted octanol–water partition coefficient (Wildman–Crippen LogP) is 2.68. The van der Waals surface area contributed by atoms with Crippen molar-refractivity contribution >= 4 is 17.5 Å². The van der Waals surface area contributed by atoms with E-state index >= 15 is 0 Å². The zero-order chi connectivity index (χ0) is 14.7. The van der Waals surface area contributed by atoms with Crippen LogP contribution >= 0.6 is 11.6 Å². The summed E-state index contributed by atoms with van der Waals surface area (Å²) in [5.41, 5.74) is 0.489. The van der Waals surface area contributed by atoms with E-state index in [0.717, 1.165) is 25.9 Å². The second kappa shape index (κ2) is 6.55. The first-order valence-electron chi connectivity index (χ1n) is 7.11. The molecule has 1 aliphatic heterocycles. The van der Waals surface area contributed by atoms with E-state index in [1.807, 2.05) is 11.9 Å². The van der Waals surface area contributed by atoms with Crippen LogP contribution in [0.3, 0.4) is 0 Å². The van der Waals surface area contributed by atoms with Crippen LogP contribution in [0.25, 0.3) is 0 Å². The van der Waals surface area contributed by atoms with Crippen molar-refractivity contribution in [1.82, 2.24) is 14.8 Å². The number of likely N-dealkylation sites (tertiary alicyclic amines) is 1. The number of carbonyl (C=O) groups excluding carboxylic acids is 1. The predicted molar refractivity (Wildman–Crippen MR) is 81.1 cm³/mol. The topological polar surface area (TPSA) is 36.4 Å². The molecule has 0 aliphatic carbocycles. The lowest BCUT2D eigenvalue weighted by Gasteiger charge is -2.38. The number of aromatic nitrogens is 1. The molecule has 1 saturated heterocycles. The van der Waals surface area contributed by atoms with Gasteiger partial charge in [0.25, 0.3) is 5.91 Å². The smallest absolute Gasteiger partial charge is 0.256 e. The summed E-state index contributed by atoms with van der Waals surface area (Å²) in [7, 11) is 1.86. The number of amides is 1. The van der Waals surface area contributed by atoms with E-state index in [2.05, 4.69) is 23.7 Å². The van der Waals surface area contributed by atoms with Crippen molar-refractivity contribution in [3.05, 3.63) is 29.0 Å². The van der Waals surface area contributed by atoms with E-state index in [9.17, 15) is 4.79 Å². The monoisotopic (exact) mass is 295 g/mol. The maximum atomic E-state index is 12.5. The zero-order valence-corrected chi connectivity index (χ0v) is 13.1. The zero-order valence-electron chi connectivity index (χ0n) is 12.3. The standard InChI is InChI=1S/C15H22ClN3O/c1-11(2)19-8-5-12(6-9-19)18(3)15(20)13-10-17-7-4-14(13)16/h4,7,10-12H,5-6,8-9H2,1-3H3. The molecule has 1 aromatic heterocycles. The van der Waals surface area contributed by atoms with Gasteiger partial charge in [-0.25, -0.2) is 0 Å². The molecule has 5 heteroatoms. The third-order valence-corrected chi connectivity index (χ3v) is 4.43. The Morgan fingerprint density at radius 1 is 1.45 bits per heavy atom. The summed E-state index contributed by atoms with van der Waals surface area (Å²) in [6.45, 7) is 6.51. The number of hydrogen-bond acceptors (Lipinski definition) is 3. The highest BCUT2D eigenvalue weighted by Gasteiger charge is 2.27. The molecule has 0 unspecified atom stereocenters. The van der Waals surface area contributed by atoms with Crippen molar-refractivity contribution < 1.29 is 4.79 Å². The molecule has 0 radical (unpaired) electrons. The van der Waals surface area contributed by atoms with Gasteiger partial charge in [-0.3, -0.25) is 9.78 Å². The highest BCUT2D eigenvalue weighted by molar-refractivity contribution is 6.33. The average Bonchev–Trinajstić information content (AvgIpc) is 2.46. The molecule has 20 heavy (non-hydrogen) atoms. The lowest BCUT2D eigenvalue weighted by Crippen LogP contribution is -2.47. The van der Waals surface area contributed by atoms with Gasteiger partial charge in [0.15, 0.2) is 0 Å². The number of rotatable bonds is 3. The molecule has 0 spiro atoms. The van der Waals surface area contributed by atoms with E-state index < -0.39 is 0 Å². The molecular formula is C15H22ClN3O. The van der Waals surface area contributed by atoms with Crippen LogP contribution < -0.4 is 0 Å². The van der Waals surface area contributed by atoms with Crippen LogP contribution in [0.1, 0.15) is 37.0 Å². The number of carbonyl (C=O) groups is 1. The summed E-state index contributed by atoms with van der Waals surface area (Å²) >= 11 is 6.07. The molecule has 0 N–H and O–H groups in total. The van der Waals surface area contributed by atoms with Crippen molar-refractivity contribution in [2.24, 2.45) is 0 Å². The molecule has 0 aromatic carbocycles. The number of hydrogen-bond donors (Lipinski definition) is 0. The number of nitrogens with zero attached hydrogens (tertiary/aromatic N) is 3. The van der Waals surface area contributed by atoms with E-state index in [4.69, 9.17) is 11.6 Å². The van der Waals surface area contributed by atoms with Crippen molar-refractivity contribution in [3.63, 3.8) is 0 Å². The van der Waals surface area contributed by atoms with Gasteiger partial charge in [-0.15, -0.1) is 0 Å². The maximum Gasteiger partial charge on any atom is 0.256 e. The molecule has 2 heterocycles. The largest absolute Gasteiger partial charge is 0.339 e. The SMILES string of the molecule is CC(C)N1CCC(N(C)C(=O)c2cnccc2Cl)CC1. The summed E-state index contributed by atoms with van der Waals surface area (Å²) in [4.78, 5) is 20.7. The molecule has 2 rings (SSSR count). The first-order chi connectivity index (χ1) is 9.50. The van der Waals surface area contributed by atoms with Crippen molar-refractivity contribution in [3.8, 4) is 0 Å². The van der Waals surface area contributed by atoms with Gasteiger partial charge in [0.05, 0.1) is 10.6 Å². The highest BCUT2D eigenvalue weighted by Crippen LogP contribution is 2.21. The molecule has 0 atom stereocenters. The van der Waals surface area contributed by atoms with Gasteiger partial charge >= 0.3 is 0 Å². The fraction of sp³-hybridized carbons (Fsp3) is 0.600. The van der Waals surface area contributed by atoms with Gasteiger partial charge in [-0.2, -0.15) is 0 Å². The number of halogens is 1. The first kappa shape index (κ1) is 15.3. The Labute approximate surface area is 125 Å². The quantitative estimate of drug-likeness (QED) is 0.860. The summed E-state index contributed by atoms with van der Waals surface area (Å²) in [5, 5.41) is 0.469. The van der Waals surface area contributed by atoms with Crippen LogP contribution in [0.4, 0.5) is 0 Å². The average molecular weight is 296 g/mol. The van der Waals surface area contributed by atoms with Crippen LogP contribution in [0, 0.1) is 0 Å². The third kappa shape index (κ3) is 3.30. The van der Waals surface area contributed by atoms with E-state index in [1.165, 1.54) is 0 Å². The minimum Gasteiger partial charge on any atom is -0.339 e. The van der Waals surface area contributed by atoms with Crippen LogP contribution in [-0.2, 0) is 0 Å². The van der Waals surface area contributed by atoms with Gasteiger partial charge < -0.3 is 9.80 Å². The van der Waals surface area contributed by atoms with Gasteiger partial charge in [0, 0.05) is 44.6 Å². The second-order valence-electron chi connectivity index (χ2n) is 5.63. The summed E-state index contributed by atoms with van der Waals surface area (Å²) in [6.07, 6.45) is 5.17. The van der Waals surface area contributed by atoms with Gasteiger partial charge in [-0.05, 0) is 32.8 Å². The summed E-state index contributed by atoms with van der Waals surface area (Å²) < 4.78 is 0. The summed E-state index contributed by atoms with van der Waals surface area (Å²) in [6, 6.07) is 2.52. The molecule has 1 aliphatic rings. The lowest BCUT2D eigenvalue weighted by molar-refractivity contribution is 0.0615. The first-order valence-corrected chi connectivity index (χ1v) is 7.49. The van der Waals surface area contributed by atoms with Gasteiger partial charge in [-0.1, -0.05) is 11.6 Å². The van der Waals surface area contributed by atoms with Crippen LogP contribution in [0.5, 0.6) is 0 Å². The van der Waals surface area contributed by atoms with Crippen molar-refractivity contribution in [2.45, 2.75) is 38.8 Å². The van der Waals surface area contributed by atoms with E-state index in [1.54, 1.807) is 18.5 Å². The Hall–Kier alpha value is -1.13. The minimum atomic E-state index is -0.0360. The summed E-state index contributed by atoms with van der Waals surface area (Å²) in [5.74, 6) is -0.0360. The molecule has 110 valence electrons. The molecule has 1 amide bonds. The normalized spacial score (nSPS) is 17.4. The lowest BCUT2D eigenvalue weighted by atomic mass is 10.0. The fourth-order valence-corrected chi connectivity index (χ4v) is 2.87. The number of piperidine rings is 1. The molecule has 0 bridgehead atoms. The third-order valence-electron chi connectivity index (χ3n) is 4.10. The highest BCUT2D eigenvalue weighted by atomic mass is 35.5. The van der Waals surface area contributed by atoms with Gasteiger partial charge in [0.1, 0.15) is 0 Å².